The van der Waals surface area contributed by atoms with Crippen LogP contribution >= 0.6 is 0 Å². The van der Waals surface area contributed by atoms with Crippen molar-refractivity contribution in [1.29, 1.82) is 0 Å². The topological polar surface area (TPSA) is 96.9 Å². The maximum atomic E-state index is 14.0. The fourth-order valence-electron chi connectivity index (χ4n) is 5.45. The highest BCUT2D eigenvalue weighted by Crippen LogP contribution is 2.32. The standard InChI is InChI=1S/C28H32FN3O5S/c1-20-27(26(37-30-20)13-12-21-7-2-5-11-25(21)29)38(34,35)31-16-14-22(15-17-31)28(33)32(23-8-3-4-9-23)19-24-10-6-18-36-24/h2,5-7,10-13,18,22-23H,3-4,8-9,14-17,19H2,1H3/b13-12+. The molecule has 0 atom stereocenters. The highest BCUT2D eigenvalue weighted by Gasteiger charge is 2.38. The lowest BCUT2D eigenvalue weighted by atomic mass is 9.95. The fourth-order valence-corrected chi connectivity index (χ4v) is 7.17. The van der Waals surface area contributed by atoms with Gasteiger partial charge in [0.05, 0.1) is 12.8 Å². The first-order chi connectivity index (χ1) is 18.3. The summed E-state index contributed by atoms with van der Waals surface area (Å²) in [7, 11) is -3.93. The molecule has 0 bridgehead atoms. The number of amides is 1. The number of hydrogen-bond acceptors (Lipinski definition) is 6. The lowest BCUT2D eigenvalue weighted by molar-refractivity contribution is -0.140. The molecule has 10 heteroatoms. The van der Waals surface area contributed by atoms with E-state index in [1.54, 1.807) is 31.4 Å². The molecular weight excluding hydrogens is 509 g/mol. The number of aryl methyl sites for hydroxylation is 1. The van der Waals surface area contributed by atoms with Crippen LogP contribution in [0.1, 0.15) is 61.3 Å². The van der Waals surface area contributed by atoms with Gasteiger partial charge in [-0.3, -0.25) is 4.79 Å². The van der Waals surface area contributed by atoms with Crippen LogP contribution in [0.2, 0.25) is 0 Å². The highest BCUT2D eigenvalue weighted by molar-refractivity contribution is 7.89. The Balaban J connectivity index is 1.29. The average molecular weight is 542 g/mol. The van der Waals surface area contributed by atoms with Gasteiger partial charge >= 0.3 is 0 Å². The van der Waals surface area contributed by atoms with E-state index in [9.17, 15) is 17.6 Å². The second-order valence-corrected chi connectivity index (χ2v) is 11.9. The quantitative estimate of drug-likeness (QED) is 0.386. The molecule has 2 aromatic heterocycles. The minimum Gasteiger partial charge on any atom is -0.467 e. The summed E-state index contributed by atoms with van der Waals surface area (Å²) in [5.74, 6) is 0.204. The predicted octanol–water partition coefficient (Wildman–Crippen LogP) is 5.26. The Morgan fingerprint density at radius 1 is 1.11 bits per heavy atom. The molecule has 0 spiro atoms. The van der Waals surface area contributed by atoms with Crippen molar-refractivity contribution < 1.29 is 26.5 Å². The van der Waals surface area contributed by atoms with Crippen molar-refractivity contribution in [2.24, 2.45) is 5.92 Å². The maximum Gasteiger partial charge on any atom is 0.248 e. The average Bonchev–Trinajstić information content (AvgIpc) is 3.69. The molecule has 0 radical (unpaired) electrons. The Morgan fingerprint density at radius 2 is 1.84 bits per heavy atom. The van der Waals surface area contributed by atoms with Gasteiger partial charge in [0.2, 0.25) is 15.9 Å². The number of piperidine rings is 1. The lowest BCUT2D eigenvalue weighted by Gasteiger charge is -2.35. The van der Waals surface area contributed by atoms with Gasteiger partial charge in [-0.25, -0.2) is 12.8 Å². The summed E-state index contributed by atoms with van der Waals surface area (Å²) in [6.07, 6.45) is 9.55. The molecule has 3 aromatic rings. The lowest BCUT2D eigenvalue weighted by Crippen LogP contribution is -2.46. The predicted molar refractivity (Wildman–Crippen MR) is 140 cm³/mol. The summed E-state index contributed by atoms with van der Waals surface area (Å²) in [5, 5.41) is 3.86. The van der Waals surface area contributed by atoms with E-state index in [-0.39, 0.29) is 47.3 Å². The van der Waals surface area contributed by atoms with E-state index in [4.69, 9.17) is 8.94 Å². The van der Waals surface area contributed by atoms with E-state index in [1.807, 2.05) is 17.0 Å². The monoisotopic (exact) mass is 541 g/mol. The number of sulfonamides is 1. The Morgan fingerprint density at radius 3 is 2.53 bits per heavy atom. The Bertz CT molecular complexity index is 1390. The zero-order valence-electron chi connectivity index (χ0n) is 21.4. The van der Waals surface area contributed by atoms with Crippen LogP contribution in [-0.4, -0.2) is 47.8 Å². The SMILES string of the molecule is Cc1noc(/C=C/c2ccccc2F)c1S(=O)(=O)N1CCC(C(=O)N(Cc2ccco2)C2CCCC2)CC1. The number of halogens is 1. The molecule has 38 heavy (non-hydrogen) atoms. The van der Waals surface area contributed by atoms with E-state index >= 15 is 0 Å². The number of carbonyl (C=O) groups is 1. The number of rotatable bonds is 8. The van der Waals surface area contributed by atoms with Crippen LogP contribution in [0, 0.1) is 18.7 Å². The first-order valence-corrected chi connectivity index (χ1v) is 14.5. The Hall–Kier alpha value is -3.24. The van der Waals surface area contributed by atoms with Gasteiger partial charge in [-0.15, -0.1) is 0 Å². The van der Waals surface area contributed by atoms with Gasteiger partial charge in [-0.1, -0.05) is 36.2 Å². The van der Waals surface area contributed by atoms with Gasteiger partial charge in [0.15, 0.2) is 10.7 Å². The summed E-state index contributed by atoms with van der Waals surface area (Å²) in [5.41, 5.74) is 0.549. The van der Waals surface area contributed by atoms with E-state index in [1.165, 1.54) is 22.5 Å². The second-order valence-electron chi connectivity index (χ2n) is 9.98. The minimum atomic E-state index is -3.93. The van der Waals surface area contributed by atoms with Crippen LogP contribution in [0.15, 0.2) is 56.5 Å². The summed E-state index contributed by atoms with van der Waals surface area (Å²) < 4.78 is 53.5. The zero-order valence-corrected chi connectivity index (χ0v) is 22.2. The Labute approximate surface area is 222 Å². The van der Waals surface area contributed by atoms with Gasteiger partial charge in [-0.05, 0) is 63.0 Å². The normalized spacial score (nSPS) is 17.9. The molecule has 8 nitrogen and oxygen atoms in total. The first-order valence-electron chi connectivity index (χ1n) is 13.1. The first kappa shape index (κ1) is 26.4. The smallest absolute Gasteiger partial charge is 0.248 e. The third-order valence-electron chi connectivity index (χ3n) is 7.51. The summed E-state index contributed by atoms with van der Waals surface area (Å²) in [4.78, 5) is 15.5. The van der Waals surface area contributed by atoms with Crippen molar-refractivity contribution in [3.8, 4) is 0 Å². The minimum absolute atomic E-state index is 0.0275. The Kier molecular flexibility index (Phi) is 7.80. The van der Waals surface area contributed by atoms with Crippen molar-refractivity contribution in [2.45, 2.75) is 62.9 Å². The molecule has 202 valence electrons. The molecule has 5 rings (SSSR count). The third-order valence-corrected chi connectivity index (χ3v) is 9.57. The summed E-state index contributed by atoms with van der Waals surface area (Å²) in [6, 6.07) is 10.1. The maximum absolute atomic E-state index is 14.0. The van der Waals surface area contributed by atoms with Crippen LogP contribution in [-0.2, 0) is 21.4 Å². The van der Waals surface area contributed by atoms with Gasteiger partial charge in [0.1, 0.15) is 17.3 Å². The van der Waals surface area contributed by atoms with Gasteiger partial charge < -0.3 is 13.8 Å². The molecule has 1 aromatic carbocycles. The van der Waals surface area contributed by atoms with Crippen molar-refractivity contribution in [1.82, 2.24) is 14.4 Å². The molecule has 1 saturated heterocycles. The third kappa shape index (κ3) is 5.47. The van der Waals surface area contributed by atoms with Crippen molar-refractivity contribution in [3.05, 3.63) is 71.3 Å². The van der Waals surface area contributed by atoms with Crippen LogP contribution in [0.3, 0.4) is 0 Å². The summed E-state index contributed by atoms with van der Waals surface area (Å²) >= 11 is 0. The van der Waals surface area contributed by atoms with E-state index in [2.05, 4.69) is 5.16 Å². The highest BCUT2D eigenvalue weighted by atomic mass is 32.2. The summed E-state index contributed by atoms with van der Waals surface area (Å²) in [6.45, 7) is 2.45. The molecule has 1 saturated carbocycles. The van der Waals surface area contributed by atoms with Gasteiger partial charge in [-0.2, -0.15) is 4.31 Å². The van der Waals surface area contributed by atoms with Crippen LogP contribution in [0.5, 0.6) is 0 Å². The van der Waals surface area contributed by atoms with Crippen LogP contribution < -0.4 is 0 Å². The van der Waals surface area contributed by atoms with Crippen molar-refractivity contribution in [2.75, 3.05) is 13.1 Å². The molecule has 0 N–H and O–H groups in total. The van der Waals surface area contributed by atoms with E-state index in [0.29, 0.717) is 24.9 Å². The van der Waals surface area contributed by atoms with E-state index < -0.39 is 15.8 Å². The zero-order chi connectivity index (χ0) is 26.7. The molecular formula is C28H32FN3O5S. The van der Waals surface area contributed by atoms with Crippen molar-refractivity contribution in [3.63, 3.8) is 0 Å². The number of furan rings is 1. The van der Waals surface area contributed by atoms with E-state index in [0.717, 1.165) is 31.4 Å². The van der Waals surface area contributed by atoms with Crippen LogP contribution in [0.25, 0.3) is 12.2 Å². The van der Waals surface area contributed by atoms with Gasteiger partial charge in [0.25, 0.3) is 0 Å². The molecule has 1 aliphatic heterocycles. The number of hydrogen-bond donors (Lipinski definition) is 0. The number of benzene rings is 1. The molecule has 2 fully saturated rings. The molecule has 2 aliphatic rings. The molecule has 3 heterocycles. The molecule has 1 amide bonds. The number of carbonyl (C=O) groups excluding carboxylic acids is 1. The molecule has 0 unspecified atom stereocenters. The largest absolute Gasteiger partial charge is 0.467 e. The fraction of sp³-hybridized carbons (Fsp3) is 0.429. The number of aromatic nitrogens is 1. The second kappa shape index (κ2) is 11.2. The number of nitrogens with zero attached hydrogens (tertiary/aromatic N) is 3. The van der Waals surface area contributed by atoms with Gasteiger partial charge in [0, 0.05) is 30.6 Å². The van der Waals surface area contributed by atoms with Crippen LogP contribution in [0.4, 0.5) is 4.39 Å². The van der Waals surface area contributed by atoms with Crippen molar-refractivity contribution >= 4 is 28.1 Å². The molecule has 1 aliphatic carbocycles.